The molecule has 19 heavy (non-hydrogen) atoms. The van der Waals surface area contributed by atoms with E-state index in [-0.39, 0.29) is 11.9 Å². The molecule has 2 atom stereocenters. The van der Waals surface area contributed by atoms with E-state index in [1.165, 1.54) is 12.1 Å². The van der Waals surface area contributed by atoms with Gasteiger partial charge in [-0.15, -0.1) is 0 Å². The van der Waals surface area contributed by atoms with Crippen molar-refractivity contribution in [1.29, 1.82) is 0 Å². The highest BCUT2D eigenvalue weighted by Crippen LogP contribution is 2.20. The van der Waals surface area contributed by atoms with Crippen molar-refractivity contribution in [2.45, 2.75) is 26.0 Å². The molecule has 0 amide bonds. The molecule has 0 radical (unpaired) electrons. The van der Waals surface area contributed by atoms with Crippen LogP contribution in [-0.2, 0) is 0 Å². The zero-order valence-electron chi connectivity index (χ0n) is 11.0. The van der Waals surface area contributed by atoms with Gasteiger partial charge >= 0.3 is 0 Å². The molecular weight excluding hydrogens is 243 g/mol. The lowest BCUT2D eigenvalue weighted by Gasteiger charge is -2.21. The van der Waals surface area contributed by atoms with Crippen LogP contribution in [0.4, 0.5) is 10.2 Å². The Morgan fingerprint density at radius 3 is 2.53 bits per heavy atom. The van der Waals surface area contributed by atoms with E-state index in [1.54, 1.807) is 18.3 Å². The molecule has 1 aromatic carbocycles. The number of aliphatic hydroxyl groups excluding tert-OH is 1. The van der Waals surface area contributed by atoms with Crippen molar-refractivity contribution in [2.75, 3.05) is 5.32 Å². The number of halogens is 1. The smallest absolute Gasteiger partial charge is 0.126 e. The number of aromatic nitrogens is 1. The van der Waals surface area contributed by atoms with Crippen molar-refractivity contribution < 1.29 is 9.50 Å². The van der Waals surface area contributed by atoms with Crippen LogP contribution in [0.25, 0.3) is 0 Å². The molecule has 0 unspecified atom stereocenters. The fraction of sp³-hybridized carbons (Fsp3) is 0.267. The number of benzene rings is 1. The Morgan fingerprint density at radius 1 is 1.21 bits per heavy atom. The average Bonchev–Trinajstić information content (AvgIpc) is 2.39. The Morgan fingerprint density at radius 2 is 1.89 bits per heavy atom. The van der Waals surface area contributed by atoms with Crippen molar-refractivity contribution in [3.05, 3.63) is 59.5 Å². The van der Waals surface area contributed by atoms with E-state index in [0.29, 0.717) is 11.4 Å². The van der Waals surface area contributed by atoms with Gasteiger partial charge in [0.25, 0.3) is 0 Å². The SMILES string of the molecule is Cc1ccnc(N[C@H](C)[C@@H](O)c2ccc(F)cc2)c1. The lowest BCUT2D eigenvalue weighted by molar-refractivity contribution is 0.160. The molecule has 4 heteroatoms. The molecule has 0 aliphatic rings. The largest absolute Gasteiger partial charge is 0.386 e. The van der Waals surface area contributed by atoms with Gasteiger partial charge in [-0.2, -0.15) is 0 Å². The van der Waals surface area contributed by atoms with E-state index >= 15 is 0 Å². The third-order valence-electron chi connectivity index (χ3n) is 2.98. The number of aryl methyl sites for hydroxylation is 1. The highest BCUT2D eigenvalue weighted by molar-refractivity contribution is 5.38. The van der Waals surface area contributed by atoms with Crippen LogP contribution >= 0.6 is 0 Å². The Balaban J connectivity index is 2.07. The van der Waals surface area contributed by atoms with Crippen LogP contribution in [-0.4, -0.2) is 16.1 Å². The van der Waals surface area contributed by atoms with Gasteiger partial charge in [-0.25, -0.2) is 9.37 Å². The van der Waals surface area contributed by atoms with E-state index in [0.717, 1.165) is 5.56 Å². The standard InChI is InChI=1S/C15H17FN2O/c1-10-7-8-17-14(9-10)18-11(2)15(19)12-3-5-13(16)6-4-12/h3-9,11,15,19H,1-2H3,(H,17,18)/t11-,15-/m1/s1. The molecule has 2 N–H and O–H groups in total. The monoisotopic (exact) mass is 260 g/mol. The minimum Gasteiger partial charge on any atom is -0.386 e. The second kappa shape index (κ2) is 5.80. The lowest BCUT2D eigenvalue weighted by Crippen LogP contribution is -2.24. The Labute approximate surface area is 112 Å². The first-order valence-corrected chi connectivity index (χ1v) is 6.19. The number of anilines is 1. The lowest BCUT2D eigenvalue weighted by atomic mass is 10.0. The molecule has 2 aromatic rings. The molecule has 0 aliphatic heterocycles. The minimum absolute atomic E-state index is 0.222. The number of hydrogen-bond acceptors (Lipinski definition) is 3. The zero-order chi connectivity index (χ0) is 13.8. The van der Waals surface area contributed by atoms with Gasteiger partial charge in [-0.05, 0) is 49.2 Å². The minimum atomic E-state index is -0.720. The first kappa shape index (κ1) is 13.5. The van der Waals surface area contributed by atoms with Gasteiger partial charge in [-0.3, -0.25) is 0 Å². The van der Waals surface area contributed by atoms with Crippen molar-refractivity contribution in [3.63, 3.8) is 0 Å². The van der Waals surface area contributed by atoms with Crippen LogP contribution < -0.4 is 5.32 Å². The summed E-state index contributed by atoms with van der Waals surface area (Å²) in [7, 11) is 0. The van der Waals surface area contributed by atoms with Crippen LogP contribution in [0, 0.1) is 12.7 Å². The molecule has 0 aliphatic carbocycles. The van der Waals surface area contributed by atoms with Gasteiger partial charge in [0.2, 0.25) is 0 Å². The van der Waals surface area contributed by atoms with E-state index < -0.39 is 6.10 Å². The highest BCUT2D eigenvalue weighted by Gasteiger charge is 2.16. The number of nitrogens with one attached hydrogen (secondary N) is 1. The highest BCUT2D eigenvalue weighted by atomic mass is 19.1. The summed E-state index contributed by atoms with van der Waals surface area (Å²) in [5.41, 5.74) is 1.77. The Bertz CT molecular complexity index is 542. The first-order chi connectivity index (χ1) is 9.06. The number of rotatable bonds is 4. The number of aliphatic hydroxyl groups is 1. The van der Waals surface area contributed by atoms with Crippen LogP contribution in [0.3, 0.4) is 0 Å². The maximum absolute atomic E-state index is 12.8. The van der Waals surface area contributed by atoms with Crippen molar-refractivity contribution >= 4 is 5.82 Å². The van der Waals surface area contributed by atoms with Crippen molar-refractivity contribution in [3.8, 4) is 0 Å². The first-order valence-electron chi connectivity index (χ1n) is 6.19. The van der Waals surface area contributed by atoms with Gasteiger partial charge in [0.1, 0.15) is 11.6 Å². The second-order valence-electron chi connectivity index (χ2n) is 4.65. The summed E-state index contributed by atoms with van der Waals surface area (Å²) >= 11 is 0. The van der Waals surface area contributed by atoms with Crippen LogP contribution in [0.2, 0.25) is 0 Å². The number of hydrogen-bond donors (Lipinski definition) is 2. The molecule has 0 bridgehead atoms. The van der Waals surface area contributed by atoms with E-state index in [9.17, 15) is 9.50 Å². The summed E-state index contributed by atoms with van der Waals surface area (Å²) in [6.45, 7) is 3.84. The summed E-state index contributed by atoms with van der Waals surface area (Å²) in [6.07, 6.45) is 0.997. The summed E-state index contributed by atoms with van der Waals surface area (Å²) < 4.78 is 12.8. The predicted molar refractivity (Wildman–Crippen MR) is 73.4 cm³/mol. The van der Waals surface area contributed by atoms with Crippen molar-refractivity contribution in [2.24, 2.45) is 0 Å². The molecule has 0 spiro atoms. The number of nitrogens with zero attached hydrogens (tertiary/aromatic N) is 1. The van der Waals surface area contributed by atoms with E-state index in [4.69, 9.17) is 0 Å². The average molecular weight is 260 g/mol. The maximum atomic E-state index is 12.8. The van der Waals surface area contributed by atoms with Gasteiger partial charge in [0, 0.05) is 6.20 Å². The van der Waals surface area contributed by atoms with Crippen LogP contribution in [0.5, 0.6) is 0 Å². The zero-order valence-corrected chi connectivity index (χ0v) is 11.0. The fourth-order valence-electron chi connectivity index (χ4n) is 1.88. The molecule has 0 saturated carbocycles. The maximum Gasteiger partial charge on any atom is 0.126 e. The molecular formula is C15H17FN2O. The normalized spacial score (nSPS) is 13.9. The third kappa shape index (κ3) is 3.51. The fourth-order valence-corrected chi connectivity index (χ4v) is 1.88. The Kier molecular flexibility index (Phi) is 4.12. The summed E-state index contributed by atoms with van der Waals surface area (Å²) in [4.78, 5) is 4.19. The molecule has 100 valence electrons. The summed E-state index contributed by atoms with van der Waals surface area (Å²) in [5.74, 6) is 0.408. The summed E-state index contributed by atoms with van der Waals surface area (Å²) in [6, 6.07) is 9.45. The van der Waals surface area contributed by atoms with Crippen LogP contribution in [0.15, 0.2) is 42.6 Å². The molecule has 0 fully saturated rings. The molecule has 1 aromatic heterocycles. The quantitative estimate of drug-likeness (QED) is 0.888. The Hall–Kier alpha value is -1.94. The van der Waals surface area contributed by atoms with Crippen LogP contribution in [0.1, 0.15) is 24.2 Å². The molecule has 2 rings (SSSR count). The third-order valence-corrected chi connectivity index (χ3v) is 2.98. The van der Waals surface area contributed by atoms with Gasteiger partial charge in [0.15, 0.2) is 0 Å². The van der Waals surface area contributed by atoms with Gasteiger partial charge in [0.05, 0.1) is 12.1 Å². The van der Waals surface area contributed by atoms with Gasteiger partial charge < -0.3 is 10.4 Å². The second-order valence-corrected chi connectivity index (χ2v) is 4.65. The van der Waals surface area contributed by atoms with Crippen molar-refractivity contribution in [1.82, 2.24) is 4.98 Å². The van der Waals surface area contributed by atoms with E-state index in [1.807, 2.05) is 26.0 Å². The molecule has 3 nitrogen and oxygen atoms in total. The topological polar surface area (TPSA) is 45.2 Å². The van der Waals surface area contributed by atoms with E-state index in [2.05, 4.69) is 10.3 Å². The summed E-state index contributed by atoms with van der Waals surface area (Å²) in [5, 5.41) is 13.3. The number of pyridine rings is 1. The molecule has 1 heterocycles. The van der Waals surface area contributed by atoms with Gasteiger partial charge in [-0.1, -0.05) is 12.1 Å². The molecule has 0 saturated heterocycles. The predicted octanol–water partition coefficient (Wildman–Crippen LogP) is 3.06.